The third-order valence-corrected chi connectivity index (χ3v) is 3.43. The molecule has 3 N–H and O–H groups in total. The van der Waals surface area contributed by atoms with Gasteiger partial charge in [-0.05, 0) is 43.2 Å². The van der Waals surface area contributed by atoms with Crippen LogP contribution in [0.4, 0.5) is 0 Å². The minimum atomic E-state index is -0.436. The highest BCUT2D eigenvalue weighted by molar-refractivity contribution is 5.86. The van der Waals surface area contributed by atoms with Gasteiger partial charge in [-0.2, -0.15) is 0 Å². The molecule has 0 aromatic heterocycles. The normalized spacial score (nSPS) is 13.1. The average Bonchev–Trinajstić information content (AvgIpc) is 2.49. The van der Waals surface area contributed by atoms with Gasteiger partial charge >= 0.3 is 0 Å². The van der Waals surface area contributed by atoms with E-state index in [0.717, 1.165) is 6.54 Å². The lowest BCUT2D eigenvalue weighted by Gasteiger charge is -2.15. The van der Waals surface area contributed by atoms with E-state index in [1.807, 2.05) is 26.0 Å². The van der Waals surface area contributed by atoms with E-state index >= 15 is 0 Å². The molecule has 2 heteroatoms. The van der Waals surface area contributed by atoms with E-state index in [0.29, 0.717) is 0 Å². The lowest BCUT2D eigenvalue weighted by molar-refractivity contribution is 0.621. The Morgan fingerprint density at radius 2 is 1.91 bits per heavy atom. The van der Waals surface area contributed by atoms with Gasteiger partial charge in [-0.3, -0.25) is 0 Å². The molecule has 2 rings (SSSR count). The Labute approximate surface area is 133 Å². The van der Waals surface area contributed by atoms with Gasteiger partial charge in [0, 0.05) is 12.6 Å². The molecule has 2 aromatic carbocycles. The van der Waals surface area contributed by atoms with Crippen LogP contribution in [0, 0.1) is 11.8 Å². The van der Waals surface area contributed by atoms with Crippen LogP contribution in [-0.2, 0) is 0 Å². The summed E-state index contributed by atoms with van der Waals surface area (Å²) in [4.78, 5) is 0. The van der Waals surface area contributed by atoms with Crippen LogP contribution in [0.3, 0.4) is 0 Å². The van der Waals surface area contributed by atoms with Crippen molar-refractivity contribution in [2.24, 2.45) is 5.73 Å². The minimum absolute atomic E-state index is 0.287. The third kappa shape index (κ3) is 4.73. The summed E-state index contributed by atoms with van der Waals surface area (Å²) >= 11 is 0. The highest BCUT2D eigenvalue weighted by Crippen LogP contribution is 2.23. The Morgan fingerprint density at radius 1 is 1.18 bits per heavy atom. The number of rotatable bonds is 4. The molecule has 0 aliphatic rings. The molecule has 0 aliphatic heterocycles. The van der Waals surface area contributed by atoms with E-state index in [4.69, 9.17) is 5.73 Å². The number of nitrogens with two attached hydrogens (primary N) is 1. The van der Waals surface area contributed by atoms with Crippen LogP contribution in [0.15, 0.2) is 54.6 Å². The fourth-order valence-electron chi connectivity index (χ4n) is 2.33. The molecule has 22 heavy (non-hydrogen) atoms. The van der Waals surface area contributed by atoms with Crippen molar-refractivity contribution in [2.45, 2.75) is 32.4 Å². The molecule has 114 valence electrons. The van der Waals surface area contributed by atoms with Crippen LogP contribution in [0.25, 0.3) is 10.8 Å². The van der Waals surface area contributed by atoms with Crippen LogP contribution in [0.5, 0.6) is 0 Å². The van der Waals surface area contributed by atoms with Crippen molar-refractivity contribution in [3.05, 3.63) is 60.2 Å². The first-order valence-corrected chi connectivity index (χ1v) is 7.65. The predicted octanol–water partition coefficient (Wildman–Crippen LogP) is 3.79. The molecular formula is C20H24N2. The fraction of sp³-hybridized carbons (Fsp3) is 0.300. The van der Waals surface area contributed by atoms with Crippen LogP contribution in [-0.4, -0.2) is 12.1 Å². The standard InChI is InChI=1S/C20H24N2/c1-16(22-15-8-4-7-14-20(2,3)21)18-13-9-11-17-10-5-6-12-19(17)18/h4-6,8-13,16,22H,15,21H2,1-3H3/b8-4+/t16-/m1/s1. The maximum atomic E-state index is 5.80. The quantitative estimate of drug-likeness (QED) is 0.841. The topological polar surface area (TPSA) is 38.0 Å². The molecule has 0 unspecified atom stereocenters. The van der Waals surface area contributed by atoms with Crippen LogP contribution in [0.2, 0.25) is 0 Å². The van der Waals surface area contributed by atoms with E-state index in [9.17, 15) is 0 Å². The minimum Gasteiger partial charge on any atom is -0.316 e. The van der Waals surface area contributed by atoms with Crippen molar-refractivity contribution in [1.82, 2.24) is 5.32 Å². The van der Waals surface area contributed by atoms with Gasteiger partial charge in [-0.25, -0.2) is 0 Å². The Hall–Kier alpha value is -2.08. The van der Waals surface area contributed by atoms with Crippen LogP contribution >= 0.6 is 0 Å². The number of benzene rings is 2. The molecule has 2 nitrogen and oxygen atoms in total. The number of hydrogen-bond donors (Lipinski definition) is 2. The summed E-state index contributed by atoms with van der Waals surface area (Å²) in [7, 11) is 0. The Morgan fingerprint density at radius 3 is 2.68 bits per heavy atom. The second-order valence-electron chi connectivity index (χ2n) is 6.09. The van der Waals surface area contributed by atoms with Crippen molar-refractivity contribution < 1.29 is 0 Å². The van der Waals surface area contributed by atoms with E-state index in [2.05, 4.69) is 66.5 Å². The van der Waals surface area contributed by atoms with Crippen LogP contribution in [0.1, 0.15) is 32.4 Å². The van der Waals surface area contributed by atoms with Crippen molar-refractivity contribution in [2.75, 3.05) is 6.54 Å². The summed E-state index contributed by atoms with van der Waals surface area (Å²) in [5.74, 6) is 5.95. The average molecular weight is 292 g/mol. The summed E-state index contributed by atoms with van der Waals surface area (Å²) in [5, 5.41) is 6.09. The predicted molar refractivity (Wildman–Crippen MR) is 95.5 cm³/mol. The van der Waals surface area contributed by atoms with E-state index < -0.39 is 5.54 Å². The summed E-state index contributed by atoms with van der Waals surface area (Å²) in [6.07, 6.45) is 3.89. The number of allylic oxidation sites excluding steroid dienone is 1. The second kappa shape index (κ2) is 7.26. The smallest absolute Gasteiger partial charge is 0.0722 e. The monoisotopic (exact) mass is 292 g/mol. The van der Waals surface area contributed by atoms with Crippen molar-refractivity contribution in [3.63, 3.8) is 0 Å². The largest absolute Gasteiger partial charge is 0.316 e. The lowest BCUT2D eigenvalue weighted by Crippen LogP contribution is -2.29. The summed E-state index contributed by atoms with van der Waals surface area (Å²) in [5.41, 5.74) is 6.69. The lowest BCUT2D eigenvalue weighted by atomic mass is 10.00. The van der Waals surface area contributed by atoms with Crippen molar-refractivity contribution in [3.8, 4) is 11.8 Å². The Balaban J connectivity index is 1.98. The van der Waals surface area contributed by atoms with Gasteiger partial charge in [0.25, 0.3) is 0 Å². The zero-order valence-electron chi connectivity index (χ0n) is 13.6. The van der Waals surface area contributed by atoms with E-state index in [-0.39, 0.29) is 6.04 Å². The van der Waals surface area contributed by atoms with E-state index in [1.54, 1.807) is 0 Å². The van der Waals surface area contributed by atoms with Crippen molar-refractivity contribution in [1.29, 1.82) is 0 Å². The zero-order valence-corrected chi connectivity index (χ0v) is 13.6. The first-order valence-electron chi connectivity index (χ1n) is 7.65. The molecule has 0 spiro atoms. The molecule has 0 saturated carbocycles. The molecule has 0 fully saturated rings. The van der Waals surface area contributed by atoms with Crippen molar-refractivity contribution >= 4 is 10.8 Å². The zero-order chi connectivity index (χ0) is 16.0. The molecule has 0 radical (unpaired) electrons. The SMILES string of the molecule is C[C@@H](NC/C=C/C#CC(C)(C)N)c1cccc2ccccc12. The Bertz CT molecular complexity index is 706. The maximum absolute atomic E-state index is 5.80. The fourth-order valence-corrected chi connectivity index (χ4v) is 2.33. The van der Waals surface area contributed by atoms with Gasteiger partial charge in [0.1, 0.15) is 0 Å². The third-order valence-electron chi connectivity index (χ3n) is 3.43. The van der Waals surface area contributed by atoms with Gasteiger partial charge in [0.05, 0.1) is 5.54 Å². The molecule has 0 bridgehead atoms. The molecule has 0 amide bonds. The van der Waals surface area contributed by atoms with E-state index in [1.165, 1.54) is 16.3 Å². The van der Waals surface area contributed by atoms with Gasteiger partial charge < -0.3 is 11.1 Å². The van der Waals surface area contributed by atoms with Gasteiger partial charge in [0.15, 0.2) is 0 Å². The van der Waals surface area contributed by atoms with Gasteiger partial charge in [0.2, 0.25) is 0 Å². The number of hydrogen-bond acceptors (Lipinski definition) is 2. The Kier molecular flexibility index (Phi) is 5.38. The highest BCUT2D eigenvalue weighted by Gasteiger charge is 2.07. The molecule has 1 atom stereocenters. The summed E-state index contributed by atoms with van der Waals surface area (Å²) in [6.45, 7) is 6.76. The van der Waals surface area contributed by atoms with Gasteiger partial charge in [-0.15, -0.1) is 0 Å². The number of fused-ring (bicyclic) bond motifs is 1. The molecular weight excluding hydrogens is 268 g/mol. The van der Waals surface area contributed by atoms with Crippen LogP contribution < -0.4 is 11.1 Å². The molecule has 0 saturated heterocycles. The number of nitrogens with one attached hydrogen (secondary N) is 1. The summed E-state index contributed by atoms with van der Waals surface area (Å²) < 4.78 is 0. The first kappa shape index (κ1) is 16.3. The van der Waals surface area contributed by atoms with Gasteiger partial charge in [-0.1, -0.05) is 60.4 Å². The highest BCUT2D eigenvalue weighted by atomic mass is 14.9. The molecule has 0 aliphatic carbocycles. The molecule has 2 aromatic rings. The summed E-state index contributed by atoms with van der Waals surface area (Å²) in [6, 6.07) is 15.2. The first-order chi connectivity index (χ1) is 10.5. The molecule has 0 heterocycles. The maximum Gasteiger partial charge on any atom is 0.0722 e. The second-order valence-corrected chi connectivity index (χ2v) is 6.09.